The predicted octanol–water partition coefficient (Wildman–Crippen LogP) is 2.37. The fourth-order valence-electron chi connectivity index (χ4n) is 0.561. The second-order valence-electron chi connectivity index (χ2n) is 2.20. The number of halogens is 3. The summed E-state index contributed by atoms with van der Waals surface area (Å²) in [7, 11) is 0. The molecule has 0 aliphatic rings. The van der Waals surface area contributed by atoms with Crippen molar-refractivity contribution in [3.63, 3.8) is 0 Å². The Bertz CT molecular complexity index is 92.2. The monoisotopic (exact) mass is 172 g/mol. The number of aliphatic hydroxyl groups excluding tert-OH is 1. The van der Waals surface area contributed by atoms with Crippen LogP contribution in [0.5, 0.6) is 0 Å². The zero-order valence-electron chi connectivity index (χ0n) is 5.78. The van der Waals surface area contributed by atoms with Gasteiger partial charge in [-0.05, 0) is 18.0 Å². The minimum Gasteiger partial charge on any atom is -0.385 e. The average molecular weight is 173 g/mol. The maximum absolute atomic E-state index is 12.0. The number of hydrogen-bond donors (Lipinski definition) is 1. The van der Waals surface area contributed by atoms with Crippen LogP contribution in [0.2, 0.25) is 0 Å². The van der Waals surface area contributed by atoms with E-state index in [4.69, 9.17) is 5.11 Å². The molecule has 0 heterocycles. The summed E-state index contributed by atoms with van der Waals surface area (Å²) in [6, 6.07) is 0. The van der Waals surface area contributed by atoms with Gasteiger partial charge in [0.1, 0.15) is 6.10 Å². The number of aliphatic hydroxyl groups is 1. The normalized spacial score (nSPS) is 15.3. The molecule has 0 aliphatic heterocycles. The Hall–Kier alpha value is 0.110. The second-order valence-corrected chi connectivity index (χ2v) is 2.70. The Balaban J connectivity index is 3.52. The highest BCUT2D eigenvalue weighted by Gasteiger charge is 2.34. The van der Waals surface area contributed by atoms with E-state index in [0.29, 0.717) is 6.42 Å². The lowest BCUT2D eigenvalue weighted by atomic mass is 10.2. The minimum atomic E-state index is -3.46. The molecule has 0 saturated carbocycles. The first kappa shape index (κ1) is 10.1. The number of rotatable bonds is 4. The molecule has 0 aliphatic carbocycles. The average Bonchev–Trinajstić information content (AvgIpc) is 1.80. The lowest BCUT2D eigenvalue weighted by molar-refractivity contribution is -0.0451. The molecule has 0 rings (SSSR count). The van der Waals surface area contributed by atoms with Crippen LogP contribution >= 0.6 is 11.6 Å². The first-order valence-electron chi connectivity index (χ1n) is 3.23. The van der Waals surface area contributed by atoms with Crippen molar-refractivity contribution in [1.82, 2.24) is 0 Å². The topological polar surface area (TPSA) is 20.2 Å². The molecule has 62 valence electrons. The van der Waals surface area contributed by atoms with Crippen molar-refractivity contribution in [2.24, 2.45) is 0 Å². The SMILES string of the molecule is CCCCC(O)C(F)(F)Cl. The number of hydrogen-bond acceptors (Lipinski definition) is 1. The molecule has 0 aromatic rings. The summed E-state index contributed by atoms with van der Waals surface area (Å²) in [5.41, 5.74) is 0. The van der Waals surface area contributed by atoms with Crippen LogP contribution < -0.4 is 0 Å². The molecular weight excluding hydrogens is 162 g/mol. The Morgan fingerprint density at radius 3 is 2.40 bits per heavy atom. The lowest BCUT2D eigenvalue weighted by Gasteiger charge is -2.14. The van der Waals surface area contributed by atoms with Gasteiger partial charge in [-0.25, -0.2) is 0 Å². The van der Waals surface area contributed by atoms with Crippen LogP contribution in [0.25, 0.3) is 0 Å². The largest absolute Gasteiger partial charge is 0.385 e. The van der Waals surface area contributed by atoms with Crippen LogP contribution in [0, 0.1) is 0 Å². The highest BCUT2D eigenvalue weighted by molar-refractivity contribution is 6.22. The van der Waals surface area contributed by atoms with Crippen LogP contribution in [0.4, 0.5) is 8.78 Å². The molecule has 1 N–H and O–H groups in total. The van der Waals surface area contributed by atoms with E-state index >= 15 is 0 Å². The van der Waals surface area contributed by atoms with E-state index in [1.807, 2.05) is 6.92 Å². The Morgan fingerprint density at radius 1 is 1.60 bits per heavy atom. The summed E-state index contributed by atoms with van der Waals surface area (Å²) in [6.45, 7) is 1.86. The molecule has 0 aromatic heterocycles. The molecule has 1 atom stereocenters. The molecule has 0 bridgehead atoms. The summed E-state index contributed by atoms with van der Waals surface area (Å²) in [5, 5.41) is 5.17. The summed E-state index contributed by atoms with van der Waals surface area (Å²) >= 11 is 4.54. The quantitative estimate of drug-likeness (QED) is 0.646. The highest BCUT2D eigenvalue weighted by atomic mass is 35.5. The zero-order chi connectivity index (χ0) is 8.20. The third kappa shape index (κ3) is 4.01. The van der Waals surface area contributed by atoms with Gasteiger partial charge in [-0.2, -0.15) is 8.78 Å². The molecule has 0 saturated heterocycles. The maximum Gasteiger partial charge on any atom is 0.347 e. The highest BCUT2D eigenvalue weighted by Crippen LogP contribution is 2.26. The molecule has 4 heteroatoms. The van der Waals surface area contributed by atoms with Gasteiger partial charge in [0.15, 0.2) is 0 Å². The molecule has 0 fully saturated rings. The third-order valence-electron chi connectivity index (χ3n) is 1.21. The molecule has 0 amide bonds. The third-order valence-corrected chi connectivity index (χ3v) is 1.46. The molecule has 0 radical (unpaired) electrons. The van der Waals surface area contributed by atoms with Crippen molar-refractivity contribution in [3.8, 4) is 0 Å². The van der Waals surface area contributed by atoms with Crippen LogP contribution in [0.3, 0.4) is 0 Å². The van der Waals surface area contributed by atoms with Gasteiger partial charge in [0.2, 0.25) is 0 Å². The van der Waals surface area contributed by atoms with Crippen molar-refractivity contribution in [2.45, 2.75) is 37.7 Å². The van der Waals surface area contributed by atoms with Gasteiger partial charge in [-0.15, -0.1) is 0 Å². The first-order chi connectivity index (χ1) is 4.48. The van der Waals surface area contributed by atoms with Crippen molar-refractivity contribution >= 4 is 11.6 Å². The van der Waals surface area contributed by atoms with Crippen LogP contribution in [-0.2, 0) is 0 Å². The van der Waals surface area contributed by atoms with Gasteiger partial charge in [-0.3, -0.25) is 0 Å². The maximum atomic E-state index is 12.0. The van der Waals surface area contributed by atoms with Gasteiger partial charge in [-0.1, -0.05) is 19.8 Å². The zero-order valence-corrected chi connectivity index (χ0v) is 6.54. The van der Waals surface area contributed by atoms with Crippen molar-refractivity contribution in [2.75, 3.05) is 0 Å². The summed E-state index contributed by atoms with van der Waals surface area (Å²) in [5.74, 6) is 0. The van der Waals surface area contributed by atoms with Gasteiger partial charge in [0.05, 0.1) is 0 Å². The smallest absolute Gasteiger partial charge is 0.347 e. The molecular formula is C6H11ClF2O. The Kier molecular flexibility index (Phi) is 4.13. The van der Waals surface area contributed by atoms with Gasteiger partial charge in [0, 0.05) is 0 Å². The summed E-state index contributed by atoms with van der Waals surface area (Å²) in [4.78, 5) is 0. The van der Waals surface area contributed by atoms with Crippen LogP contribution in [-0.4, -0.2) is 16.6 Å². The molecule has 10 heavy (non-hydrogen) atoms. The van der Waals surface area contributed by atoms with Crippen molar-refractivity contribution < 1.29 is 13.9 Å². The Labute approximate surface area is 64.0 Å². The first-order valence-corrected chi connectivity index (χ1v) is 3.61. The standard InChI is InChI=1S/C6H11ClF2O/c1-2-3-4-5(10)6(7,8)9/h5,10H,2-4H2,1H3. The number of unbranched alkanes of at least 4 members (excludes halogenated alkanes) is 1. The van der Waals surface area contributed by atoms with Crippen LogP contribution in [0.1, 0.15) is 26.2 Å². The molecule has 1 nitrogen and oxygen atoms in total. The van der Waals surface area contributed by atoms with Crippen LogP contribution in [0.15, 0.2) is 0 Å². The van der Waals surface area contributed by atoms with E-state index in [-0.39, 0.29) is 6.42 Å². The van der Waals surface area contributed by atoms with Gasteiger partial charge >= 0.3 is 5.38 Å². The minimum absolute atomic E-state index is 0.0625. The van der Waals surface area contributed by atoms with Gasteiger partial charge in [0.25, 0.3) is 0 Å². The molecule has 0 spiro atoms. The van der Waals surface area contributed by atoms with Crippen molar-refractivity contribution in [1.29, 1.82) is 0 Å². The summed E-state index contributed by atoms with van der Waals surface area (Å²) in [6.07, 6.45) is -0.283. The van der Waals surface area contributed by atoms with E-state index in [9.17, 15) is 8.78 Å². The van der Waals surface area contributed by atoms with E-state index < -0.39 is 11.5 Å². The van der Waals surface area contributed by atoms with E-state index in [1.54, 1.807) is 0 Å². The second kappa shape index (κ2) is 4.09. The fourth-order valence-corrected chi connectivity index (χ4v) is 0.670. The fraction of sp³-hybridized carbons (Fsp3) is 1.00. The van der Waals surface area contributed by atoms with E-state index in [0.717, 1.165) is 6.42 Å². The van der Waals surface area contributed by atoms with Gasteiger partial charge < -0.3 is 5.11 Å². The van der Waals surface area contributed by atoms with Crippen molar-refractivity contribution in [3.05, 3.63) is 0 Å². The summed E-state index contributed by atoms with van der Waals surface area (Å²) < 4.78 is 23.9. The molecule has 1 unspecified atom stereocenters. The molecule has 0 aromatic carbocycles. The lowest BCUT2D eigenvalue weighted by Crippen LogP contribution is -2.26. The Morgan fingerprint density at radius 2 is 2.10 bits per heavy atom. The van der Waals surface area contributed by atoms with E-state index in [2.05, 4.69) is 11.6 Å². The predicted molar refractivity (Wildman–Crippen MR) is 36.3 cm³/mol. The van der Waals surface area contributed by atoms with E-state index in [1.165, 1.54) is 0 Å². The number of alkyl halides is 3.